The third-order valence-corrected chi connectivity index (χ3v) is 4.35. The van der Waals surface area contributed by atoms with Gasteiger partial charge in [-0.15, -0.1) is 0 Å². The molecule has 2 saturated heterocycles. The highest BCUT2D eigenvalue weighted by molar-refractivity contribution is 5.72. The molecule has 2 aliphatic rings. The summed E-state index contributed by atoms with van der Waals surface area (Å²) in [5.41, 5.74) is 0. The van der Waals surface area contributed by atoms with Crippen molar-refractivity contribution < 1.29 is 9.53 Å². The second-order valence-electron chi connectivity index (χ2n) is 5.60. The topological polar surface area (TPSA) is 32.8 Å². The minimum atomic E-state index is 0.0144. The fraction of sp³-hybridized carbons (Fsp3) is 0.929. The number of carbonyl (C=O) groups excluding carboxylic acids is 1. The van der Waals surface area contributed by atoms with Gasteiger partial charge in [0, 0.05) is 6.04 Å². The van der Waals surface area contributed by atoms with Gasteiger partial charge in [-0.3, -0.25) is 4.79 Å². The standard InChI is InChI=1S/C14H26N2O2/c1-3-18-14(17)12-4-10-16(11-5-12)13-6-8-15(2)9-7-13/h12-13H,3-11H2,1-2H3. The van der Waals surface area contributed by atoms with Gasteiger partial charge in [-0.05, 0) is 65.8 Å². The van der Waals surface area contributed by atoms with Crippen molar-refractivity contribution in [3.63, 3.8) is 0 Å². The van der Waals surface area contributed by atoms with Gasteiger partial charge in [0.1, 0.15) is 0 Å². The summed E-state index contributed by atoms with van der Waals surface area (Å²) in [5, 5.41) is 0. The lowest BCUT2D eigenvalue weighted by atomic mass is 9.93. The van der Waals surface area contributed by atoms with Gasteiger partial charge in [0.15, 0.2) is 0 Å². The molecule has 4 nitrogen and oxygen atoms in total. The predicted molar refractivity (Wildman–Crippen MR) is 71.4 cm³/mol. The van der Waals surface area contributed by atoms with Crippen molar-refractivity contribution in [3.05, 3.63) is 0 Å². The Hall–Kier alpha value is -0.610. The first-order valence-corrected chi connectivity index (χ1v) is 7.30. The molecule has 0 aliphatic carbocycles. The summed E-state index contributed by atoms with van der Waals surface area (Å²) in [6, 6.07) is 0.740. The Morgan fingerprint density at radius 3 is 2.28 bits per heavy atom. The van der Waals surface area contributed by atoms with E-state index in [0.29, 0.717) is 6.61 Å². The molecule has 2 rings (SSSR count). The van der Waals surface area contributed by atoms with Crippen LogP contribution in [0.15, 0.2) is 0 Å². The number of hydrogen-bond donors (Lipinski definition) is 0. The molecule has 0 bridgehead atoms. The van der Waals surface area contributed by atoms with E-state index < -0.39 is 0 Å². The van der Waals surface area contributed by atoms with E-state index in [2.05, 4.69) is 16.8 Å². The molecule has 0 aromatic rings. The van der Waals surface area contributed by atoms with Gasteiger partial charge in [0.25, 0.3) is 0 Å². The van der Waals surface area contributed by atoms with Gasteiger partial charge in [-0.25, -0.2) is 0 Å². The second kappa shape index (κ2) is 6.53. The van der Waals surface area contributed by atoms with E-state index in [-0.39, 0.29) is 11.9 Å². The first kappa shape index (κ1) is 13.8. The third-order valence-electron chi connectivity index (χ3n) is 4.35. The lowest BCUT2D eigenvalue weighted by Gasteiger charge is -2.40. The van der Waals surface area contributed by atoms with Gasteiger partial charge < -0.3 is 14.5 Å². The Bertz CT molecular complexity index is 267. The molecule has 0 N–H and O–H groups in total. The average Bonchev–Trinajstić information content (AvgIpc) is 2.40. The van der Waals surface area contributed by atoms with E-state index in [1.165, 1.54) is 25.9 Å². The molecule has 0 spiro atoms. The molecule has 104 valence electrons. The lowest BCUT2D eigenvalue weighted by Crippen LogP contribution is -2.47. The molecule has 0 atom stereocenters. The van der Waals surface area contributed by atoms with Crippen LogP contribution in [0.2, 0.25) is 0 Å². The fourth-order valence-corrected chi connectivity index (χ4v) is 3.12. The molecule has 0 amide bonds. The van der Waals surface area contributed by atoms with Crippen LogP contribution in [0, 0.1) is 5.92 Å². The summed E-state index contributed by atoms with van der Waals surface area (Å²) in [4.78, 5) is 16.7. The van der Waals surface area contributed by atoms with Crippen LogP contribution in [-0.2, 0) is 9.53 Å². The molecule has 0 radical (unpaired) electrons. The Morgan fingerprint density at radius 2 is 1.72 bits per heavy atom. The van der Waals surface area contributed by atoms with Crippen molar-refractivity contribution in [2.75, 3.05) is 39.8 Å². The van der Waals surface area contributed by atoms with Crippen molar-refractivity contribution >= 4 is 5.97 Å². The lowest BCUT2D eigenvalue weighted by molar-refractivity contribution is -0.149. The van der Waals surface area contributed by atoms with Gasteiger partial charge in [0.2, 0.25) is 0 Å². The van der Waals surface area contributed by atoms with E-state index >= 15 is 0 Å². The molecule has 0 unspecified atom stereocenters. The minimum absolute atomic E-state index is 0.0144. The zero-order chi connectivity index (χ0) is 13.0. The van der Waals surface area contributed by atoms with Crippen LogP contribution in [-0.4, -0.2) is 61.6 Å². The van der Waals surface area contributed by atoms with Crippen LogP contribution in [0.3, 0.4) is 0 Å². The normalized spacial score (nSPS) is 25.2. The molecule has 0 saturated carbocycles. The summed E-state index contributed by atoms with van der Waals surface area (Å²) in [6.07, 6.45) is 4.51. The smallest absolute Gasteiger partial charge is 0.309 e. The number of esters is 1. The SMILES string of the molecule is CCOC(=O)C1CCN(C2CCN(C)CC2)CC1. The van der Waals surface area contributed by atoms with Crippen molar-refractivity contribution in [2.45, 2.75) is 38.6 Å². The van der Waals surface area contributed by atoms with E-state index in [1.807, 2.05) is 6.92 Å². The highest BCUT2D eigenvalue weighted by atomic mass is 16.5. The second-order valence-corrected chi connectivity index (χ2v) is 5.60. The first-order valence-electron chi connectivity index (χ1n) is 7.30. The summed E-state index contributed by atoms with van der Waals surface area (Å²) in [7, 11) is 2.20. The molecular formula is C14H26N2O2. The Labute approximate surface area is 110 Å². The fourth-order valence-electron chi connectivity index (χ4n) is 3.12. The molecule has 4 heteroatoms. The quantitative estimate of drug-likeness (QED) is 0.712. The Kier molecular flexibility index (Phi) is 5.01. The Balaban J connectivity index is 1.74. The van der Waals surface area contributed by atoms with Gasteiger partial charge in [-0.2, -0.15) is 0 Å². The van der Waals surface area contributed by atoms with Gasteiger partial charge in [0.05, 0.1) is 12.5 Å². The van der Waals surface area contributed by atoms with Crippen molar-refractivity contribution in [2.24, 2.45) is 5.92 Å². The van der Waals surface area contributed by atoms with E-state index in [1.54, 1.807) is 0 Å². The van der Waals surface area contributed by atoms with Crippen LogP contribution < -0.4 is 0 Å². The highest BCUT2D eigenvalue weighted by Gasteiger charge is 2.30. The maximum atomic E-state index is 11.7. The van der Waals surface area contributed by atoms with E-state index in [0.717, 1.165) is 32.0 Å². The Morgan fingerprint density at radius 1 is 1.11 bits per heavy atom. The van der Waals surface area contributed by atoms with Crippen LogP contribution in [0.1, 0.15) is 32.6 Å². The first-order chi connectivity index (χ1) is 8.70. The van der Waals surface area contributed by atoms with Crippen LogP contribution in [0.5, 0.6) is 0 Å². The monoisotopic (exact) mass is 254 g/mol. The maximum Gasteiger partial charge on any atom is 0.309 e. The average molecular weight is 254 g/mol. The van der Waals surface area contributed by atoms with Crippen molar-refractivity contribution in [1.82, 2.24) is 9.80 Å². The summed E-state index contributed by atoms with van der Waals surface area (Å²) >= 11 is 0. The molecule has 2 aliphatic heterocycles. The predicted octanol–water partition coefficient (Wildman–Crippen LogP) is 1.36. The van der Waals surface area contributed by atoms with Gasteiger partial charge in [-0.1, -0.05) is 0 Å². The van der Waals surface area contributed by atoms with E-state index in [9.17, 15) is 4.79 Å². The zero-order valence-corrected chi connectivity index (χ0v) is 11.7. The maximum absolute atomic E-state index is 11.7. The number of nitrogens with zero attached hydrogens (tertiary/aromatic N) is 2. The molecular weight excluding hydrogens is 228 g/mol. The van der Waals surface area contributed by atoms with E-state index in [4.69, 9.17) is 4.74 Å². The number of rotatable bonds is 3. The number of hydrogen-bond acceptors (Lipinski definition) is 4. The number of piperidine rings is 2. The zero-order valence-electron chi connectivity index (χ0n) is 11.7. The van der Waals surface area contributed by atoms with Crippen molar-refractivity contribution in [1.29, 1.82) is 0 Å². The third kappa shape index (κ3) is 3.45. The highest BCUT2D eigenvalue weighted by Crippen LogP contribution is 2.24. The summed E-state index contributed by atoms with van der Waals surface area (Å²) in [6.45, 7) is 6.94. The van der Waals surface area contributed by atoms with Crippen molar-refractivity contribution in [3.8, 4) is 0 Å². The van der Waals surface area contributed by atoms with Crippen LogP contribution in [0.25, 0.3) is 0 Å². The largest absolute Gasteiger partial charge is 0.466 e. The van der Waals surface area contributed by atoms with Crippen LogP contribution >= 0.6 is 0 Å². The number of likely N-dealkylation sites (tertiary alicyclic amines) is 2. The van der Waals surface area contributed by atoms with Gasteiger partial charge >= 0.3 is 5.97 Å². The minimum Gasteiger partial charge on any atom is -0.466 e. The van der Waals surface area contributed by atoms with Crippen LogP contribution in [0.4, 0.5) is 0 Å². The molecule has 18 heavy (non-hydrogen) atoms. The summed E-state index contributed by atoms with van der Waals surface area (Å²) < 4.78 is 5.11. The molecule has 2 heterocycles. The molecule has 0 aromatic carbocycles. The number of ether oxygens (including phenoxy) is 1. The number of carbonyl (C=O) groups is 1. The molecule has 0 aromatic heterocycles. The summed E-state index contributed by atoms with van der Waals surface area (Å²) in [5.74, 6) is 0.160. The molecule has 2 fully saturated rings.